The van der Waals surface area contributed by atoms with E-state index in [1.54, 1.807) is 6.07 Å². The lowest BCUT2D eigenvalue weighted by Gasteiger charge is -2.26. The first kappa shape index (κ1) is 19.6. The summed E-state index contributed by atoms with van der Waals surface area (Å²) in [5.74, 6) is 0. The summed E-state index contributed by atoms with van der Waals surface area (Å²) in [6.45, 7) is 8.57. The van der Waals surface area contributed by atoms with Gasteiger partial charge in [-0.2, -0.15) is 0 Å². The van der Waals surface area contributed by atoms with Crippen molar-refractivity contribution >= 4 is 51.7 Å². The molecule has 0 radical (unpaired) electrons. The molecule has 0 saturated carbocycles. The highest BCUT2D eigenvalue weighted by atomic mass is 35.5. The quantitative estimate of drug-likeness (QED) is 0.504. The summed E-state index contributed by atoms with van der Waals surface area (Å²) in [6.07, 6.45) is 3.88. The average Bonchev–Trinajstić information content (AvgIpc) is 3.24. The maximum Gasteiger partial charge on any atom is 0.137 e. The third-order valence-corrected chi connectivity index (χ3v) is 6.68. The van der Waals surface area contributed by atoms with Gasteiger partial charge < -0.3 is 10.3 Å². The average molecular weight is 433 g/mol. The van der Waals surface area contributed by atoms with Gasteiger partial charge in [0.1, 0.15) is 11.1 Å². The highest BCUT2D eigenvalue weighted by Crippen LogP contribution is 2.39. The Bertz CT molecular complexity index is 1040. The number of nitrogens with one attached hydrogen (secondary N) is 2. The number of hydrogen-bond donors (Lipinski definition) is 2. The Morgan fingerprint density at radius 1 is 1.07 bits per heavy atom. The molecule has 0 spiro atoms. The molecule has 2 N–H and O–H groups in total. The van der Waals surface area contributed by atoms with E-state index in [1.807, 2.05) is 36.3 Å². The number of benzene rings is 1. The molecular formula is C21H22Cl2N4S. The molecule has 7 heteroatoms. The maximum absolute atomic E-state index is 6.19. The van der Waals surface area contributed by atoms with Crippen LogP contribution in [0.5, 0.6) is 0 Å². The lowest BCUT2D eigenvalue weighted by atomic mass is 10.0. The van der Waals surface area contributed by atoms with Crippen molar-refractivity contribution in [3.05, 3.63) is 57.2 Å². The molecule has 2 aromatic heterocycles. The first-order valence-corrected chi connectivity index (χ1v) is 11.0. The Morgan fingerprint density at radius 2 is 1.79 bits per heavy atom. The van der Waals surface area contributed by atoms with E-state index in [2.05, 4.69) is 47.0 Å². The van der Waals surface area contributed by atoms with Crippen LogP contribution in [-0.2, 0) is 0 Å². The number of fused-ring (bicyclic) bond motifs is 1. The zero-order chi connectivity index (χ0) is 19.8. The number of pyridine rings is 1. The van der Waals surface area contributed by atoms with Gasteiger partial charge in [-0.3, -0.25) is 4.90 Å². The van der Waals surface area contributed by atoms with E-state index in [4.69, 9.17) is 23.2 Å². The molecule has 1 aromatic carbocycles. The van der Waals surface area contributed by atoms with Gasteiger partial charge in [-0.25, -0.2) is 4.98 Å². The number of allylic oxidation sites excluding steroid dienone is 1. The number of aromatic nitrogens is 2. The third kappa shape index (κ3) is 3.64. The fraction of sp³-hybridized carbons (Fsp3) is 0.286. The second-order valence-electron chi connectivity index (χ2n) is 6.75. The number of halogens is 2. The molecule has 0 fully saturated rings. The van der Waals surface area contributed by atoms with Crippen LogP contribution in [0.25, 0.3) is 27.9 Å². The molecule has 0 aliphatic carbocycles. The van der Waals surface area contributed by atoms with Crippen molar-refractivity contribution in [1.82, 2.24) is 20.2 Å². The van der Waals surface area contributed by atoms with Crippen LogP contribution in [0.2, 0.25) is 10.0 Å². The van der Waals surface area contributed by atoms with Crippen molar-refractivity contribution in [1.29, 1.82) is 0 Å². The minimum absolute atomic E-state index is 0.262. The van der Waals surface area contributed by atoms with Crippen molar-refractivity contribution in [2.75, 3.05) is 13.1 Å². The van der Waals surface area contributed by atoms with Crippen LogP contribution < -0.4 is 5.32 Å². The smallest absolute Gasteiger partial charge is 0.137 e. The largest absolute Gasteiger partial charge is 0.360 e. The maximum atomic E-state index is 6.19. The standard InChI is InChI=1S/C21H22Cl2N4S/c1-4-27(5-2)21-26-19(12(3)28-21)18-11-25-20-17(18)8-14(10-24-20)13-6-15(22)9-16(23)7-13/h6-11,21,26H,4-5H2,1-3H3,(H,24,25). The topological polar surface area (TPSA) is 44.0 Å². The summed E-state index contributed by atoms with van der Waals surface area (Å²) >= 11 is 14.2. The molecule has 0 saturated heterocycles. The van der Waals surface area contributed by atoms with Gasteiger partial charge in [0.15, 0.2) is 0 Å². The summed E-state index contributed by atoms with van der Waals surface area (Å²) in [5.41, 5.74) is 5.37. The van der Waals surface area contributed by atoms with Crippen molar-refractivity contribution in [2.45, 2.75) is 26.3 Å². The van der Waals surface area contributed by atoms with Crippen molar-refractivity contribution < 1.29 is 0 Å². The Hall–Kier alpha value is -1.66. The van der Waals surface area contributed by atoms with Gasteiger partial charge in [0.25, 0.3) is 0 Å². The molecule has 4 nitrogen and oxygen atoms in total. The molecule has 1 atom stereocenters. The first-order chi connectivity index (χ1) is 13.5. The van der Waals surface area contributed by atoms with E-state index >= 15 is 0 Å². The van der Waals surface area contributed by atoms with Crippen LogP contribution in [0.3, 0.4) is 0 Å². The molecule has 1 aliphatic heterocycles. The summed E-state index contributed by atoms with van der Waals surface area (Å²) < 4.78 is 0. The molecule has 3 heterocycles. The summed E-state index contributed by atoms with van der Waals surface area (Å²) in [4.78, 5) is 11.6. The molecule has 0 bridgehead atoms. The molecular weight excluding hydrogens is 411 g/mol. The van der Waals surface area contributed by atoms with Crippen molar-refractivity contribution in [3.8, 4) is 11.1 Å². The lowest BCUT2D eigenvalue weighted by molar-refractivity contribution is 0.272. The number of aromatic amines is 1. The lowest BCUT2D eigenvalue weighted by Crippen LogP contribution is -2.39. The van der Waals surface area contributed by atoms with Crippen LogP contribution >= 0.6 is 35.0 Å². The molecule has 28 heavy (non-hydrogen) atoms. The molecule has 3 aromatic rings. The van der Waals surface area contributed by atoms with Gasteiger partial charge >= 0.3 is 0 Å². The predicted octanol–water partition coefficient (Wildman–Crippen LogP) is 6.19. The van der Waals surface area contributed by atoms with Gasteiger partial charge in [-0.15, -0.1) is 0 Å². The molecule has 1 aliphatic rings. The SMILES string of the molecule is CCN(CC)C1NC(c2c[nH]c3ncc(-c4cc(Cl)cc(Cl)c4)cc23)=C(C)S1. The van der Waals surface area contributed by atoms with E-state index in [9.17, 15) is 0 Å². The van der Waals surface area contributed by atoms with Crippen LogP contribution in [0.1, 0.15) is 26.3 Å². The molecule has 4 rings (SSSR count). The van der Waals surface area contributed by atoms with Crippen LogP contribution in [0.4, 0.5) is 0 Å². The molecule has 146 valence electrons. The zero-order valence-electron chi connectivity index (χ0n) is 16.0. The second kappa shape index (κ2) is 7.99. The Morgan fingerprint density at radius 3 is 2.46 bits per heavy atom. The van der Waals surface area contributed by atoms with Gasteiger partial charge in [0.2, 0.25) is 0 Å². The van der Waals surface area contributed by atoms with Crippen molar-refractivity contribution in [2.24, 2.45) is 0 Å². The van der Waals surface area contributed by atoms with Gasteiger partial charge in [0.05, 0.1) is 5.70 Å². The molecule has 0 amide bonds. The summed E-state index contributed by atoms with van der Waals surface area (Å²) in [6, 6.07) is 7.70. The van der Waals surface area contributed by atoms with E-state index in [1.165, 1.54) is 4.91 Å². The van der Waals surface area contributed by atoms with Crippen LogP contribution in [-0.4, -0.2) is 33.5 Å². The number of hydrogen-bond acceptors (Lipinski definition) is 4. The van der Waals surface area contributed by atoms with Crippen molar-refractivity contribution in [3.63, 3.8) is 0 Å². The minimum Gasteiger partial charge on any atom is -0.360 e. The number of rotatable bonds is 5. The van der Waals surface area contributed by atoms with Crippen LogP contribution in [0, 0.1) is 0 Å². The fourth-order valence-corrected chi connectivity index (χ4v) is 5.33. The van der Waals surface area contributed by atoms with E-state index in [-0.39, 0.29) is 5.50 Å². The molecule has 1 unspecified atom stereocenters. The predicted molar refractivity (Wildman–Crippen MR) is 122 cm³/mol. The normalized spacial score (nSPS) is 17.0. The number of H-pyrrole nitrogens is 1. The second-order valence-corrected chi connectivity index (χ2v) is 8.92. The van der Waals surface area contributed by atoms with Gasteiger partial charge in [0, 0.05) is 43.9 Å². The zero-order valence-corrected chi connectivity index (χ0v) is 18.3. The van der Waals surface area contributed by atoms with Crippen LogP contribution in [0.15, 0.2) is 41.6 Å². The highest BCUT2D eigenvalue weighted by Gasteiger charge is 2.27. The third-order valence-electron chi connectivity index (χ3n) is 5.05. The van der Waals surface area contributed by atoms with Gasteiger partial charge in [-0.05, 0) is 49.8 Å². The fourth-order valence-electron chi connectivity index (χ4n) is 3.56. The summed E-state index contributed by atoms with van der Waals surface area (Å²) in [7, 11) is 0. The first-order valence-electron chi connectivity index (χ1n) is 9.32. The highest BCUT2D eigenvalue weighted by molar-refractivity contribution is 8.04. The minimum atomic E-state index is 0.262. The Balaban J connectivity index is 1.74. The Kier molecular flexibility index (Phi) is 5.61. The number of thioether (sulfide) groups is 1. The summed E-state index contributed by atoms with van der Waals surface area (Å²) in [5, 5.41) is 6.01. The van der Waals surface area contributed by atoms with E-state index < -0.39 is 0 Å². The van der Waals surface area contributed by atoms with E-state index in [0.717, 1.165) is 46.5 Å². The van der Waals surface area contributed by atoms with Gasteiger partial charge in [-0.1, -0.05) is 48.8 Å². The van der Waals surface area contributed by atoms with E-state index in [0.29, 0.717) is 10.0 Å². The monoisotopic (exact) mass is 432 g/mol. The number of nitrogens with zero attached hydrogens (tertiary/aromatic N) is 2. The Labute approximate surface area is 179 Å².